The summed E-state index contributed by atoms with van der Waals surface area (Å²) < 4.78 is 0. The van der Waals surface area contributed by atoms with Gasteiger partial charge in [0.05, 0.1) is 11.1 Å². The van der Waals surface area contributed by atoms with E-state index >= 15 is 0 Å². The number of halogens is 1. The summed E-state index contributed by atoms with van der Waals surface area (Å²) >= 11 is 5.88. The number of rotatable bonds is 8. The van der Waals surface area contributed by atoms with Gasteiger partial charge in [-0.1, -0.05) is 41.9 Å². The number of benzene rings is 2. The van der Waals surface area contributed by atoms with Crippen molar-refractivity contribution in [3.63, 3.8) is 0 Å². The molecular weight excluding hydrogens is 472 g/mol. The Morgan fingerprint density at radius 1 is 1.00 bits per heavy atom. The molecule has 2 fully saturated rings. The molecule has 1 saturated heterocycles. The van der Waals surface area contributed by atoms with E-state index in [0.717, 1.165) is 12.1 Å². The Morgan fingerprint density at radius 2 is 1.72 bits per heavy atom. The van der Waals surface area contributed by atoms with Gasteiger partial charge in [0.25, 0.3) is 11.8 Å². The molecule has 5 rings (SSSR count). The summed E-state index contributed by atoms with van der Waals surface area (Å²) in [4.78, 5) is 32.7. The van der Waals surface area contributed by atoms with Crippen molar-refractivity contribution in [2.45, 2.75) is 44.1 Å². The van der Waals surface area contributed by atoms with Crippen LogP contribution < -0.4 is 10.6 Å². The maximum absolute atomic E-state index is 13.0. The van der Waals surface area contributed by atoms with E-state index in [0.29, 0.717) is 22.0 Å². The standard InChI is InChI=1S/C29H31ClN4O2/c1-20(24-6-2-3-7-25(24)28(36)33-26-13-12-23(30)18-31-26)32-27(35)21-8-10-22(11-9-21)29(14-15-29)19-34-16-4-5-17-34/h2-3,6-13,18,20H,4-5,14-17,19H2,1H3,(H,32,35)(H,31,33,36). The Labute approximate surface area is 217 Å². The predicted octanol–water partition coefficient (Wildman–Crippen LogP) is 5.61. The molecule has 0 spiro atoms. The van der Waals surface area contributed by atoms with Gasteiger partial charge in [-0.2, -0.15) is 0 Å². The highest BCUT2D eigenvalue weighted by Crippen LogP contribution is 2.49. The number of hydrogen-bond acceptors (Lipinski definition) is 4. The molecule has 7 heteroatoms. The molecule has 2 amide bonds. The average Bonchev–Trinajstić information content (AvgIpc) is 3.49. The minimum atomic E-state index is -0.359. The van der Waals surface area contributed by atoms with Crippen molar-refractivity contribution in [2.75, 3.05) is 25.0 Å². The molecule has 6 nitrogen and oxygen atoms in total. The predicted molar refractivity (Wildman–Crippen MR) is 143 cm³/mol. The zero-order chi connectivity index (χ0) is 25.1. The summed E-state index contributed by atoms with van der Waals surface area (Å²) in [5, 5.41) is 6.34. The zero-order valence-corrected chi connectivity index (χ0v) is 21.2. The third kappa shape index (κ3) is 5.45. The monoisotopic (exact) mass is 502 g/mol. The lowest BCUT2D eigenvalue weighted by molar-refractivity contribution is 0.0936. The first-order valence-electron chi connectivity index (χ1n) is 12.6. The van der Waals surface area contributed by atoms with Crippen molar-refractivity contribution >= 4 is 29.2 Å². The molecule has 1 aliphatic carbocycles. The van der Waals surface area contributed by atoms with Crippen LogP contribution in [0.1, 0.15) is 70.5 Å². The summed E-state index contributed by atoms with van der Waals surface area (Å²) in [7, 11) is 0. The fraction of sp³-hybridized carbons (Fsp3) is 0.345. The van der Waals surface area contributed by atoms with E-state index in [1.165, 1.54) is 50.5 Å². The molecule has 0 bridgehead atoms. The number of nitrogens with one attached hydrogen (secondary N) is 2. The van der Waals surface area contributed by atoms with Gasteiger partial charge in [0.1, 0.15) is 5.82 Å². The minimum Gasteiger partial charge on any atom is -0.345 e. The average molecular weight is 503 g/mol. The lowest BCUT2D eigenvalue weighted by atomic mass is 9.94. The fourth-order valence-corrected chi connectivity index (χ4v) is 5.22. The molecule has 2 aromatic carbocycles. The first kappa shape index (κ1) is 24.5. The number of pyridine rings is 1. The number of aromatic nitrogens is 1. The van der Waals surface area contributed by atoms with Gasteiger partial charge < -0.3 is 15.5 Å². The summed E-state index contributed by atoms with van der Waals surface area (Å²) in [5.74, 6) is -0.0409. The zero-order valence-electron chi connectivity index (χ0n) is 20.5. The maximum atomic E-state index is 13.0. The quantitative estimate of drug-likeness (QED) is 0.420. The van der Waals surface area contributed by atoms with Crippen LogP contribution in [0.15, 0.2) is 66.9 Å². The lowest BCUT2D eigenvalue weighted by Crippen LogP contribution is -2.30. The number of carbonyl (C=O) groups excluding carboxylic acids is 2. The number of carbonyl (C=O) groups is 2. The minimum absolute atomic E-state index is 0.159. The molecule has 186 valence electrons. The van der Waals surface area contributed by atoms with Crippen LogP contribution >= 0.6 is 11.6 Å². The van der Waals surface area contributed by atoms with Crippen LogP contribution in [0.2, 0.25) is 5.02 Å². The van der Waals surface area contributed by atoms with Crippen LogP contribution in [-0.2, 0) is 5.41 Å². The fourth-order valence-electron chi connectivity index (χ4n) is 5.11. The van der Waals surface area contributed by atoms with E-state index in [2.05, 4.69) is 32.7 Å². The third-order valence-corrected chi connectivity index (χ3v) is 7.55. The molecular formula is C29H31ClN4O2. The Hall–Kier alpha value is -3.22. The molecule has 2 heterocycles. The molecule has 0 radical (unpaired) electrons. The first-order valence-corrected chi connectivity index (χ1v) is 13.0. The molecule has 1 aromatic heterocycles. The van der Waals surface area contributed by atoms with E-state index in [1.807, 2.05) is 31.2 Å². The van der Waals surface area contributed by atoms with E-state index in [4.69, 9.17) is 11.6 Å². The van der Waals surface area contributed by atoms with Crippen LogP contribution in [0.3, 0.4) is 0 Å². The van der Waals surface area contributed by atoms with Crippen LogP contribution in [-0.4, -0.2) is 41.3 Å². The van der Waals surface area contributed by atoms with Crippen molar-refractivity contribution in [3.8, 4) is 0 Å². The van der Waals surface area contributed by atoms with E-state index in [-0.39, 0.29) is 23.3 Å². The molecule has 36 heavy (non-hydrogen) atoms. The van der Waals surface area contributed by atoms with Crippen molar-refractivity contribution in [3.05, 3.63) is 94.1 Å². The van der Waals surface area contributed by atoms with E-state index in [9.17, 15) is 9.59 Å². The van der Waals surface area contributed by atoms with Crippen molar-refractivity contribution < 1.29 is 9.59 Å². The van der Waals surface area contributed by atoms with Crippen LogP contribution in [0.4, 0.5) is 5.82 Å². The lowest BCUT2D eigenvalue weighted by Gasteiger charge is -2.23. The molecule has 3 aromatic rings. The molecule has 1 saturated carbocycles. The van der Waals surface area contributed by atoms with E-state index < -0.39 is 0 Å². The molecule has 1 unspecified atom stereocenters. The van der Waals surface area contributed by atoms with Crippen molar-refractivity contribution in [2.24, 2.45) is 0 Å². The number of hydrogen-bond donors (Lipinski definition) is 2. The van der Waals surface area contributed by atoms with Gasteiger partial charge in [-0.15, -0.1) is 0 Å². The summed E-state index contributed by atoms with van der Waals surface area (Å²) in [6, 6.07) is 18.3. The molecule has 2 N–H and O–H groups in total. The Kier molecular flexibility index (Phi) is 7.08. The maximum Gasteiger partial charge on any atom is 0.257 e. The van der Waals surface area contributed by atoms with Gasteiger partial charge >= 0.3 is 0 Å². The van der Waals surface area contributed by atoms with Crippen molar-refractivity contribution in [1.82, 2.24) is 15.2 Å². The number of likely N-dealkylation sites (tertiary alicyclic amines) is 1. The van der Waals surface area contributed by atoms with Gasteiger partial charge in [0, 0.05) is 29.3 Å². The van der Waals surface area contributed by atoms with Gasteiger partial charge in [-0.3, -0.25) is 9.59 Å². The Balaban J connectivity index is 1.24. The van der Waals surface area contributed by atoms with Crippen LogP contribution in [0.5, 0.6) is 0 Å². The highest BCUT2D eigenvalue weighted by atomic mass is 35.5. The Bertz CT molecular complexity index is 1230. The summed E-state index contributed by atoms with van der Waals surface area (Å²) in [6.45, 7) is 5.42. The first-order chi connectivity index (χ1) is 17.4. The van der Waals surface area contributed by atoms with Crippen LogP contribution in [0.25, 0.3) is 0 Å². The second kappa shape index (κ2) is 10.4. The normalized spacial score (nSPS) is 17.4. The summed E-state index contributed by atoms with van der Waals surface area (Å²) in [5.41, 5.74) is 3.43. The highest BCUT2D eigenvalue weighted by Gasteiger charge is 2.45. The molecule has 2 aliphatic rings. The topological polar surface area (TPSA) is 74.3 Å². The number of anilines is 1. The third-order valence-electron chi connectivity index (χ3n) is 7.33. The largest absolute Gasteiger partial charge is 0.345 e. The number of nitrogens with zero attached hydrogens (tertiary/aromatic N) is 2. The van der Waals surface area contributed by atoms with Gasteiger partial charge in [0.2, 0.25) is 0 Å². The van der Waals surface area contributed by atoms with Gasteiger partial charge in [-0.05, 0) is 87.2 Å². The van der Waals surface area contributed by atoms with Crippen LogP contribution in [0, 0.1) is 0 Å². The second-order valence-electron chi connectivity index (χ2n) is 9.94. The summed E-state index contributed by atoms with van der Waals surface area (Å²) in [6.07, 6.45) is 6.52. The molecule has 1 atom stereocenters. The highest BCUT2D eigenvalue weighted by molar-refractivity contribution is 6.30. The van der Waals surface area contributed by atoms with E-state index in [1.54, 1.807) is 24.3 Å². The molecule has 1 aliphatic heterocycles. The number of amides is 2. The SMILES string of the molecule is CC(NC(=O)c1ccc(C2(CN3CCCC3)CC2)cc1)c1ccccc1C(=O)Nc1ccc(Cl)cn1. The van der Waals surface area contributed by atoms with Crippen molar-refractivity contribution in [1.29, 1.82) is 0 Å². The second-order valence-corrected chi connectivity index (χ2v) is 10.4. The van der Waals surface area contributed by atoms with Gasteiger partial charge in [-0.25, -0.2) is 4.98 Å². The Morgan fingerprint density at radius 3 is 2.39 bits per heavy atom. The smallest absolute Gasteiger partial charge is 0.257 e. The van der Waals surface area contributed by atoms with Gasteiger partial charge in [0.15, 0.2) is 0 Å².